The quantitative estimate of drug-likeness (QED) is 0.443. The molecule has 0 saturated carbocycles. The lowest BCUT2D eigenvalue weighted by Gasteiger charge is -2.10. The number of anilines is 3. The summed E-state index contributed by atoms with van der Waals surface area (Å²) in [4.78, 5) is 18.2. The molecule has 0 atom stereocenters. The summed E-state index contributed by atoms with van der Waals surface area (Å²) in [5.74, 6) is 5.27. The van der Waals surface area contributed by atoms with Crippen LogP contribution in [0.25, 0.3) is 0 Å². The highest BCUT2D eigenvalue weighted by atomic mass is 16.6. The summed E-state index contributed by atoms with van der Waals surface area (Å²) < 4.78 is 0. The van der Waals surface area contributed by atoms with E-state index in [1.807, 2.05) is 32.0 Å². The monoisotopic (exact) mass is 274 g/mol. The zero-order valence-corrected chi connectivity index (χ0v) is 11.0. The normalized spacial score (nSPS) is 10.2. The summed E-state index contributed by atoms with van der Waals surface area (Å²) >= 11 is 0. The third-order valence-corrected chi connectivity index (χ3v) is 2.78. The maximum atomic E-state index is 11.1. The molecule has 4 N–H and O–H groups in total. The molecule has 0 spiro atoms. The molecule has 104 valence electrons. The lowest BCUT2D eigenvalue weighted by molar-refractivity contribution is -0.383. The molecule has 2 rings (SSSR count). The number of nitro groups is 1. The number of aromatic nitrogens is 2. The Balaban J connectivity index is 2.45. The lowest BCUT2D eigenvalue weighted by atomic mass is 10.1. The van der Waals surface area contributed by atoms with Crippen molar-refractivity contribution in [2.75, 3.05) is 10.7 Å². The van der Waals surface area contributed by atoms with Crippen molar-refractivity contribution < 1.29 is 4.92 Å². The highest BCUT2D eigenvalue weighted by molar-refractivity contribution is 5.74. The fourth-order valence-electron chi connectivity index (χ4n) is 1.83. The first-order chi connectivity index (χ1) is 9.52. The third kappa shape index (κ3) is 2.64. The number of hydrazine groups is 1. The Morgan fingerprint density at radius 3 is 2.55 bits per heavy atom. The molecule has 2 aromatic rings. The Labute approximate surface area is 115 Å². The summed E-state index contributed by atoms with van der Waals surface area (Å²) in [6, 6.07) is 5.72. The first-order valence-corrected chi connectivity index (χ1v) is 5.83. The minimum atomic E-state index is -0.582. The average molecular weight is 274 g/mol. The van der Waals surface area contributed by atoms with Crippen molar-refractivity contribution >= 4 is 23.0 Å². The van der Waals surface area contributed by atoms with Gasteiger partial charge in [-0.05, 0) is 25.5 Å². The first-order valence-electron chi connectivity index (χ1n) is 5.83. The van der Waals surface area contributed by atoms with Crippen LogP contribution in [-0.2, 0) is 0 Å². The number of hydrogen-bond donors (Lipinski definition) is 3. The van der Waals surface area contributed by atoms with Crippen LogP contribution in [0.2, 0.25) is 0 Å². The smallest absolute Gasteiger partial charge is 0.334 e. The number of aryl methyl sites for hydroxylation is 2. The number of rotatable bonds is 4. The van der Waals surface area contributed by atoms with E-state index in [4.69, 9.17) is 5.84 Å². The zero-order valence-electron chi connectivity index (χ0n) is 11.0. The highest BCUT2D eigenvalue weighted by Crippen LogP contribution is 2.31. The van der Waals surface area contributed by atoms with E-state index in [1.165, 1.54) is 6.33 Å². The van der Waals surface area contributed by atoms with Crippen LogP contribution in [0.1, 0.15) is 11.1 Å². The fourth-order valence-corrected chi connectivity index (χ4v) is 1.83. The Bertz CT molecular complexity index is 658. The van der Waals surface area contributed by atoms with E-state index < -0.39 is 4.92 Å². The van der Waals surface area contributed by atoms with Gasteiger partial charge < -0.3 is 10.7 Å². The molecular weight excluding hydrogens is 260 g/mol. The van der Waals surface area contributed by atoms with Crippen molar-refractivity contribution in [1.29, 1.82) is 0 Å². The molecule has 0 bridgehead atoms. The van der Waals surface area contributed by atoms with Gasteiger partial charge in [-0.1, -0.05) is 17.7 Å². The number of nitrogen functional groups attached to an aromatic ring is 1. The summed E-state index contributed by atoms with van der Waals surface area (Å²) in [7, 11) is 0. The van der Waals surface area contributed by atoms with Crippen LogP contribution in [0, 0.1) is 24.0 Å². The molecule has 0 saturated heterocycles. The molecule has 1 heterocycles. The Kier molecular flexibility index (Phi) is 3.76. The largest absolute Gasteiger partial charge is 0.354 e. The molecule has 0 aliphatic carbocycles. The van der Waals surface area contributed by atoms with E-state index in [0.29, 0.717) is 0 Å². The SMILES string of the molecule is Cc1ccc(Nc2ncnc(NN)c2[N+](=O)[O-])c(C)c1. The van der Waals surface area contributed by atoms with Crippen LogP contribution in [0.3, 0.4) is 0 Å². The van der Waals surface area contributed by atoms with Crippen LogP contribution in [-0.4, -0.2) is 14.9 Å². The van der Waals surface area contributed by atoms with Gasteiger partial charge >= 0.3 is 5.69 Å². The second-order valence-corrected chi connectivity index (χ2v) is 4.26. The zero-order chi connectivity index (χ0) is 14.7. The van der Waals surface area contributed by atoms with Crippen LogP contribution in [0.15, 0.2) is 24.5 Å². The van der Waals surface area contributed by atoms with E-state index in [2.05, 4.69) is 20.7 Å². The van der Waals surface area contributed by atoms with Gasteiger partial charge in [-0.25, -0.2) is 15.8 Å². The predicted molar refractivity (Wildman–Crippen MR) is 75.7 cm³/mol. The molecule has 0 fully saturated rings. The molecule has 0 aliphatic rings. The minimum absolute atomic E-state index is 0.0442. The summed E-state index contributed by atoms with van der Waals surface area (Å²) in [6.45, 7) is 3.88. The minimum Gasteiger partial charge on any atom is -0.334 e. The molecule has 1 aromatic heterocycles. The Morgan fingerprint density at radius 1 is 1.25 bits per heavy atom. The van der Waals surface area contributed by atoms with E-state index in [-0.39, 0.29) is 17.3 Å². The van der Waals surface area contributed by atoms with Crippen LogP contribution >= 0.6 is 0 Å². The number of nitrogens with one attached hydrogen (secondary N) is 2. The number of nitrogens with two attached hydrogens (primary N) is 1. The van der Waals surface area contributed by atoms with E-state index in [0.717, 1.165) is 16.8 Å². The molecule has 0 amide bonds. The number of benzene rings is 1. The van der Waals surface area contributed by atoms with Crippen LogP contribution < -0.4 is 16.6 Å². The second-order valence-electron chi connectivity index (χ2n) is 4.26. The maximum absolute atomic E-state index is 11.1. The third-order valence-electron chi connectivity index (χ3n) is 2.78. The summed E-state index contributed by atoms with van der Waals surface area (Å²) in [5.41, 5.74) is 4.70. The van der Waals surface area contributed by atoms with E-state index in [1.54, 1.807) is 0 Å². The van der Waals surface area contributed by atoms with Gasteiger partial charge in [0, 0.05) is 5.69 Å². The highest BCUT2D eigenvalue weighted by Gasteiger charge is 2.22. The van der Waals surface area contributed by atoms with E-state index in [9.17, 15) is 10.1 Å². The van der Waals surface area contributed by atoms with Crippen molar-refractivity contribution in [2.24, 2.45) is 5.84 Å². The van der Waals surface area contributed by atoms with Gasteiger partial charge in [0.1, 0.15) is 6.33 Å². The second kappa shape index (κ2) is 5.49. The van der Waals surface area contributed by atoms with Crippen molar-refractivity contribution in [2.45, 2.75) is 13.8 Å². The summed E-state index contributed by atoms with van der Waals surface area (Å²) in [6.07, 6.45) is 1.20. The standard InChI is InChI=1S/C12H14N6O2/c1-7-3-4-9(8(2)5-7)16-11-10(18(19)20)12(17-13)15-6-14-11/h3-6H,13H2,1-2H3,(H2,14,15,16,17). The topological polar surface area (TPSA) is 119 Å². The molecule has 8 heteroatoms. The number of hydrogen-bond acceptors (Lipinski definition) is 7. The predicted octanol–water partition coefficient (Wildman–Crippen LogP) is 2.03. The van der Waals surface area contributed by atoms with Gasteiger partial charge in [0.05, 0.1) is 4.92 Å². The van der Waals surface area contributed by atoms with Crippen LogP contribution in [0.4, 0.5) is 23.0 Å². The van der Waals surface area contributed by atoms with Gasteiger partial charge in [0.15, 0.2) is 0 Å². The number of nitrogens with zero attached hydrogens (tertiary/aromatic N) is 3. The van der Waals surface area contributed by atoms with Gasteiger partial charge in [-0.15, -0.1) is 0 Å². The van der Waals surface area contributed by atoms with Crippen molar-refractivity contribution in [3.8, 4) is 0 Å². The molecule has 20 heavy (non-hydrogen) atoms. The molecule has 0 unspecified atom stereocenters. The fraction of sp³-hybridized carbons (Fsp3) is 0.167. The van der Waals surface area contributed by atoms with Crippen LogP contribution in [0.5, 0.6) is 0 Å². The summed E-state index contributed by atoms with van der Waals surface area (Å²) in [5, 5.41) is 14.1. The Morgan fingerprint density at radius 2 is 1.95 bits per heavy atom. The average Bonchev–Trinajstić information content (AvgIpc) is 2.41. The molecule has 0 radical (unpaired) electrons. The Hall–Kier alpha value is -2.74. The van der Waals surface area contributed by atoms with Gasteiger partial charge in [-0.2, -0.15) is 0 Å². The van der Waals surface area contributed by atoms with Crippen molar-refractivity contribution in [1.82, 2.24) is 9.97 Å². The molecule has 8 nitrogen and oxygen atoms in total. The van der Waals surface area contributed by atoms with Gasteiger partial charge in [-0.3, -0.25) is 10.1 Å². The van der Waals surface area contributed by atoms with E-state index >= 15 is 0 Å². The van der Waals surface area contributed by atoms with Crippen molar-refractivity contribution in [3.63, 3.8) is 0 Å². The molecule has 0 aliphatic heterocycles. The first kappa shape index (κ1) is 13.7. The maximum Gasteiger partial charge on any atom is 0.354 e. The molecular formula is C12H14N6O2. The van der Waals surface area contributed by atoms with Crippen molar-refractivity contribution in [3.05, 3.63) is 45.8 Å². The lowest BCUT2D eigenvalue weighted by Crippen LogP contribution is -2.13. The van der Waals surface area contributed by atoms with Gasteiger partial charge in [0.2, 0.25) is 11.6 Å². The van der Waals surface area contributed by atoms with Gasteiger partial charge in [0.25, 0.3) is 0 Å². The molecule has 1 aromatic carbocycles.